The fraction of sp³-hybridized carbons (Fsp3) is 0.909. The Morgan fingerprint density at radius 1 is 1.35 bits per heavy atom. The number of hydrogen-bond acceptors (Lipinski definition) is 2. The van der Waals surface area contributed by atoms with E-state index in [-0.39, 0.29) is 6.42 Å². The molecule has 17 heavy (non-hydrogen) atoms. The molecule has 1 saturated heterocycles. The van der Waals surface area contributed by atoms with Crippen molar-refractivity contribution in [2.75, 3.05) is 19.6 Å². The Kier molecular flexibility index (Phi) is 4.41. The van der Waals surface area contributed by atoms with Gasteiger partial charge in [0.05, 0.1) is 5.41 Å². The van der Waals surface area contributed by atoms with E-state index in [1.165, 1.54) is 0 Å². The minimum Gasteiger partial charge on any atom is -0.481 e. The first-order chi connectivity index (χ1) is 7.73. The van der Waals surface area contributed by atoms with Crippen LogP contribution in [0.5, 0.6) is 0 Å². The molecule has 1 heterocycles. The molecule has 0 aromatic heterocycles. The molecule has 1 aliphatic rings. The van der Waals surface area contributed by atoms with Gasteiger partial charge in [-0.15, -0.1) is 0 Å². The normalized spacial score (nSPS) is 21.4. The van der Waals surface area contributed by atoms with Crippen LogP contribution < -0.4 is 0 Å². The summed E-state index contributed by atoms with van der Waals surface area (Å²) in [6, 6.07) is 0. The van der Waals surface area contributed by atoms with E-state index in [2.05, 4.69) is 0 Å². The van der Waals surface area contributed by atoms with E-state index < -0.39 is 24.0 Å². The van der Waals surface area contributed by atoms with Crippen molar-refractivity contribution in [2.45, 2.75) is 38.8 Å². The molecule has 0 atom stereocenters. The molecule has 0 aromatic carbocycles. The van der Waals surface area contributed by atoms with E-state index in [1.807, 2.05) is 4.90 Å². The van der Waals surface area contributed by atoms with Gasteiger partial charge in [-0.2, -0.15) is 13.2 Å². The minimum absolute atomic E-state index is 0.0906. The lowest BCUT2D eigenvalue weighted by Crippen LogP contribution is -2.43. The Morgan fingerprint density at radius 3 is 2.29 bits per heavy atom. The van der Waals surface area contributed by atoms with Crippen LogP contribution in [0.1, 0.15) is 32.6 Å². The number of nitrogens with zero attached hydrogens (tertiary/aromatic N) is 1. The molecular weight excluding hydrogens is 235 g/mol. The summed E-state index contributed by atoms with van der Waals surface area (Å²) in [5.41, 5.74) is -0.708. The summed E-state index contributed by atoms with van der Waals surface area (Å²) in [7, 11) is 0. The number of carboxylic acids is 1. The van der Waals surface area contributed by atoms with Crippen molar-refractivity contribution in [3.05, 3.63) is 0 Å². The molecule has 6 heteroatoms. The van der Waals surface area contributed by atoms with E-state index in [4.69, 9.17) is 5.11 Å². The lowest BCUT2D eigenvalue weighted by molar-refractivity contribution is -0.150. The zero-order valence-electron chi connectivity index (χ0n) is 9.89. The molecule has 0 radical (unpaired) electrons. The lowest BCUT2D eigenvalue weighted by Gasteiger charge is -2.36. The highest BCUT2D eigenvalue weighted by Crippen LogP contribution is 2.31. The second kappa shape index (κ2) is 5.25. The maximum atomic E-state index is 11.9. The average Bonchev–Trinajstić information content (AvgIpc) is 2.19. The van der Waals surface area contributed by atoms with Gasteiger partial charge in [0.15, 0.2) is 0 Å². The van der Waals surface area contributed by atoms with Gasteiger partial charge in [-0.05, 0) is 45.8 Å². The summed E-state index contributed by atoms with van der Waals surface area (Å²) in [6.45, 7) is 3.24. The summed E-state index contributed by atoms with van der Waals surface area (Å²) in [6.07, 6.45) is -3.75. The molecular formula is C11H18F3NO2. The maximum absolute atomic E-state index is 11.9. The third kappa shape index (κ3) is 4.53. The first-order valence-corrected chi connectivity index (χ1v) is 5.75. The van der Waals surface area contributed by atoms with E-state index in [0.717, 1.165) is 0 Å². The van der Waals surface area contributed by atoms with Crippen LogP contribution in [0.2, 0.25) is 0 Å². The van der Waals surface area contributed by atoms with Crippen molar-refractivity contribution in [3.63, 3.8) is 0 Å². The molecule has 0 aliphatic carbocycles. The number of piperidine rings is 1. The largest absolute Gasteiger partial charge is 0.481 e. The van der Waals surface area contributed by atoms with Crippen molar-refractivity contribution < 1.29 is 23.1 Å². The summed E-state index contributed by atoms with van der Waals surface area (Å²) in [5, 5.41) is 9.00. The SMILES string of the molecule is CC1(C(=O)O)CCN(CCCC(F)(F)F)CC1. The van der Waals surface area contributed by atoms with Crippen LogP contribution in [0.3, 0.4) is 0 Å². The first kappa shape index (κ1) is 14.3. The molecule has 0 unspecified atom stereocenters. The third-order valence-electron chi connectivity index (χ3n) is 3.41. The topological polar surface area (TPSA) is 40.5 Å². The zero-order chi connectivity index (χ0) is 13.1. The molecule has 0 amide bonds. The molecule has 1 rings (SSSR count). The van der Waals surface area contributed by atoms with E-state index in [1.54, 1.807) is 6.92 Å². The molecule has 1 aliphatic heterocycles. The molecule has 1 N–H and O–H groups in total. The number of hydrogen-bond donors (Lipinski definition) is 1. The number of halogens is 3. The minimum atomic E-state index is -4.09. The van der Waals surface area contributed by atoms with Crippen molar-refractivity contribution in [1.29, 1.82) is 0 Å². The molecule has 0 saturated carbocycles. The van der Waals surface area contributed by atoms with Gasteiger partial charge in [0.25, 0.3) is 0 Å². The van der Waals surface area contributed by atoms with Gasteiger partial charge in [0.2, 0.25) is 0 Å². The third-order valence-corrected chi connectivity index (χ3v) is 3.41. The smallest absolute Gasteiger partial charge is 0.389 e. The van der Waals surface area contributed by atoms with E-state index >= 15 is 0 Å². The summed E-state index contributed by atoms with van der Waals surface area (Å²) >= 11 is 0. The molecule has 100 valence electrons. The van der Waals surface area contributed by atoms with Crippen molar-refractivity contribution in [2.24, 2.45) is 5.41 Å². The van der Waals surface area contributed by atoms with Gasteiger partial charge in [0.1, 0.15) is 0 Å². The average molecular weight is 253 g/mol. The Morgan fingerprint density at radius 2 is 1.88 bits per heavy atom. The van der Waals surface area contributed by atoms with Crippen LogP contribution in [-0.4, -0.2) is 41.8 Å². The molecule has 0 spiro atoms. The zero-order valence-corrected chi connectivity index (χ0v) is 9.89. The quantitative estimate of drug-likeness (QED) is 0.837. The van der Waals surface area contributed by atoms with Gasteiger partial charge in [-0.1, -0.05) is 0 Å². The Labute approximate surface area is 98.6 Å². The lowest BCUT2D eigenvalue weighted by atomic mass is 9.80. The second-order valence-electron chi connectivity index (χ2n) is 4.93. The van der Waals surface area contributed by atoms with Crippen molar-refractivity contribution >= 4 is 5.97 Å². The van der Waals surface area contributed by atoms with Gasteiger partial charge in [-0.25, -0.2) is 0 Å². The predicted molar refractivity (Wildman–Crippen MR) is 56.7 cm³/mol. The highest BCUT2D eigenvalue weighted by atomic mass is 19.4. The Balaban J connectivity index is 2.26. The highest BCUT2D eigenvalue weighted by Gasteiger charge is 2.36. The van der Waals surface area contributed by atoms with Crippen LogP contribution >= 0.6 is 0 Å². The molecule has 1 fully saturated rings. The van der Waals surface area contributed by atoms with Crippen LogP contribution in [0, 0.1) is 5.41 Å². The fourth-order valence-corrected chi connectivity index (χ4v) is 1.99. The standard InChI is InChI=1S/C11H18F3NO2/c1-10(9(16)17)4-7-15(8-5-10)6-2-3-11(12,13)14/h2-8H2,1H3,(H,16,17). The number of carbonyl (C=O) groups is 1. The van der Waals surface area contributed by atoms with Crippen LogP contribution in [0.15, 0.2) is 0 Å². The monoisotopic (exact) mass is 253 g/mol. The maximum Gasteiger partial charge on any atom is 0.389 e. The van der Waals surface area contributed by atoms with Gasteiger partial charge in [0, 0.05) is 6.42 Å². The van der Waals surface area contributed by atoms with Gasteiger partial charge in [-0.3, -0.25) is 4.79 Å². The first-order valence-electron chi connectivity index (χ1n) is 5.75. The Hall–Kier alpha value is -0.780. The van der Waals surface area contributed by atoms with Crippen molar-refractivity contribution in [3.8, 4) is 0 Å². The molecule has 3 nitrogen and oxygen atoms in total. The van der Waals surface area contributed by atoms with Crippen molar-refractivity contribution in [1.82, 2.24) is 4.90 Å². The molecule has 0 bridgehead atoms. The van der Waals surface area contributed by atoms with E-state index in [0.29, 0.717) is 32.5 Å². The number of carboxylic acid groups (broad SMARTS) is 1. The van der Waals surface area contributed by atoms with Crippen LogP contribution in [-0.2, 0) is 4.79 Å². The van der Waals surface area contributed by atoms with Crippen LogP contribution in [0.25, 0.3) is 0 Å². The van der Waals surface area contributed by atoms with Gasteiger partial charge >= 0.3 is 12.1 Å². The fourth-order valence-electron chi connectivity index (χ4n) is 1.99. The molecule has 0 aromatic rings. The van der Waals surface area contributed by atoms with Crippen LogP contribution in [0.4, 0.5) is 13.2 Å². The second-order valence-corrected chi connectivity index (χ2v) is 4.93. The number of aliphatic carboxylic acids is 1. The number of rotatable bonds is 4. The summed E-state index contributed by atoms with van der Waals surface area (Å²) in [5.74, 6) is -0.813. The summed E-state index contributed by atoms with van der Waals surface area (Å²) < 4.78 is 35.8. The highest BCUT2D eigenvalue weighted by molar-refractivity contribution is 5.74. The number of likely N-dealkylation sites (tertiary alicyclic amines) is 1. The van der Waals surface area contributed by atoms with Gasteiger partial charge < -0.3 is 10.0 Å². The Bertz CT molecular complexity index is 270. The predicted octanol–water partition coefficient (Wildman–Crippen LogP) is 2.52. The summed E-state index contributed by atoms with van der Waals surface area (Å²) in [4.78, 5) is 12.9. The number of alkyl halides is 3. The van der Waals surface area contributed by atoms with E-state index in [9.17, 15) is 18.0 Å².